The van der Waals surface area contributed by atoms with Crippen LogP contribution < -0.4 is 24.8 Å². The van der Waals surface area contributed by atoms with Crippen molar-refractivity contribution in [3.63, 3.8) is 0 Å². The van der Waals surface area contributed by atoms with E-state index in [1.165, 1.54) is 16.4 Å². The van der Waals surface area contributed by atoms with Crippen LogP contribution in [0.1, 0.15) is 11.5 Å². The molecule has 2 aromatic carbocycles. The van der Waals surface area contributed by atoms with Gasteiger partial charge in [-0.2, -0.15) is 0 Å². The molecule has 0 spiro atoms. The van der Waals surface area contributed by atoms with Crippen LogP contribution in [0.5, 0.6) is 23.0 Å². The number of aromatic nitrogens is 4. The van der Waals surface area contributed by atoms with Crippen LogP contribution in [-0.2, 0) is 12.4 Å². The molecule has 2 N–H and O–H groups in total. The number of rotatable bonds is 10. The highest BCUT2D eigenvalue weighted by Crippen LogP contribution is 2.35. The van der Waals surface area contributed by atoms with Gasteiger partial charge in [-0.1, -0.05) is 17.8 Å². The summed E-state index contributed by atoms with van der Waals surface area (Å²) in [7, 11) is 4.87. The summed E-state index contributed by atoms with van der Waals surface area (Å²) in [6.07, 6.45) is 0. The van der Waals surface area contributed by atoms with E-state index in [1.807, 2.05) is 41.8 Å². The maximum atomic E-state index is 6.17. The lowest BCUT2D eigenvalue weighted by Gasteiger charge is -2.08. The number of thioether (sulfide) groups is 1. The Labute approximate surface area is 199 Å². The van der Waals surface area contributed by atoms with E-state index in [2.05, 4.69) is 10.2 Å². The van der Waals surface area contributed by atoms with Crippen LogP contribution in [-0.4, -0.2) is 41.2 Å². The number of benzene rings is 2. The number of hydrogen-bond acceptors (Lipinski definition) is 10. The van der Waals surface area contributed by atoms with Gasteiger partial charge < -0.3 is 24.8 Å². The Morgan fingerprint density at radius 3 is 2.55 bits per heavy atom. The number of nitrogens with two attached hydrogens (primary N) is 1. The van der Waals surface area contributed by atoms with Gasteiger partial charge in [-0.15, -0.1) is 21.5 Å². The number of ether oxygens (including phenoxy) is 4. The Bertz CT molecular complexity index is 1230. The smallest absolute Gasteiger partial charge is 0.210 e. The van der Waals surface area contributed by atoms with Crippen LogP contribution >= 0.6 is 23.1 Å². The summed E-state index contributed by atoms with van der Waals surface area (Å²) in [4.78, 5) is 4.73. The number of thiazole rings is 1. The van der Waals surface area contributed by atoms with E-state index in [9.17, 15) is 0 Å². The van der Waals surface area contributed by atoms with Gasteiger partial charge in [0.25, 0.3) is 0 Å². The van der Waals surface area contributed by atoms with Crippen LogP contribution in [0.15, 0.2) is 53.0 Å². The van der Waals surface area contributed by atoms with Gasteiger partial charge in [-0.05, 0) is 24.3 Å². The number of methoxy groups -OCH3 is 3. The van der Waals surface area contributed by atoms with E-state index in [1.54, 1.807) is 38.7 Å². The summed E-state index contributed by atoms with van der Waals surface area (Å²) in [5, 5.41) is 11.8. The third kappa shape index (κ3) is 5.32. The standard InChI is InChI=1S/C22H23N5O4S2/c1-28-15-5-4-6-17(9-15)31-11-20-25-26-22(27(20)23)33-13-14-12-32-21(24-14)18-8-7-16(29-2)10-19(18)30-3/h4-10,12H,11,13,23H2,1-3H3. The lowest BCUT2D eigenvalue weighted by molar-refractivity contribution is 0.289. The number of nitrogen functional groups attached to an aromatic ring is 1. The van der Waals surface area contributed by atoms with Crippen molar-refractivity contribution >= 4 is 23.1 Å². The highest BCUT2D eigenvalue weighted by atomic mass is 32.2. The summed E-state index contributed by atoms with van der Waals surface area (Å²) in [5.74, 6) is 10.1. The Balaban J connectivity index is 1.38. The molecule has 0 fully saturated rings. The predicted molar refractivity (Wildman–Crippen MR) is 128 cm³/mol. The Kier molecular flexibility index (Phi) is 7.20. The highest BCUT2D eigenvalue weighted by Gasteiger charge is 2.15. The lowest BCUT2D eigenvalue weighted by Crippen LogP contribution is -2.15. The summed E-state index contributed by atoms with van der Waals surface area (Å²) >= 11 is 3.00. The molecule has 0 radical (unpaired) electrons. The average Bonchev–Trinajstić information content (AvgIpc) is 3.47. The van der Waals surface area contributed by atoms with Crippen molar-refractivity contribution in [2.45, 2.75) is 17.5 Å². The summed E-state index contributed by atoms with van der Waals surface area (Å²) in [5.41, 5.74) is 1.83. The van der Waals surface area contributed by atoms with Crippen molar-refractivity contribution in [3.05, 3.63) is 59.4 Å². The van der Waals surface area contributed by atoms with Gasteiger partial charge in [-0.3, -0.25) is 0 Å². The van der Waals surface area contributed by atoms with E-state index in [0.29, 0.717) is 34.0 Å². The van der Waals surface area contributed by atoms with Crippen LogP contribution in [0.2, 0.25) is 0 Å². The second-order valence-corrected chi connectivity index (χ2v) is 8.54. The first kappa shape index (κ1) is 22.7. The average molecular weight is 486 g/mol. The molecule has 0 aliphatic heterocycles. The topological polar surface area (TPSA) is 107 Å². The molecular weight excluding hydrogens is 462 g/mol. The minimum atomic E-state index is 0.190. The van der Waals surface area contributed by atoms with E-state index >= 15 is 0 Å². The molecule has 0 aliphatic carbocycles. The predicted octanol–water partition coefficient (Wildman–Crippen LogP) is 4.01. The van der Waals surface area contributed by atoms with E-state index in [-0.39, 0.29) is 6.61 Å². The third-order valence-corrected chi connectivity index (χ3v) is 6.59. The summed E-state index contributed by atoms with van der Waals surface area (Å²) < 4.78 is 23.2. The van der Waals surface area contributed by atoms with Gasteiger partial charge in [0.15, 0.2) is 5.82 Å². The van der Waals surface area contributed by atoms with Crippen LogP contribution in [0.3, 0.4) is 0 Å². The molecule has 2 heterocycles. The van der Waals surface area contributed by atoms with Gasteiger partial charge in [-0.25, -0.2) is 9.66 Å². The molecule has 0 bridgehead atoms. The molecule has 0 aliphatic rings. The normalized spacial score (nSPS) is 10.8. The molecular formula is C22H23N5O4S2. The second-order valence-electron chi connectivity index (χ2n) is 6.74. The molecule has 11 heteroatoms. The molecule has 9 nitrogen and oxygen atoms in total. The van der Waals surface area contributed by atoms with Gasteiger partial charge in [0.2, 0.25) is 5.16 Å². The molecule has 2 aromatic heterocycles. The first-order valence-electron chi connectivity index (χ1n) is 9.87. The largest absolute Gasteiger partial charge is 0.497 e. The second kappa shape index (κ2) is 10.5. The Hall–Kier alpha value is -3.44. The minimum Gasteiger partial charge on any atom is -0.497 e. The molecule has 0 amide bonds. The molecule has 172 valence electrons. The van der Waals surface area contributed by atoms with Crippen LogP contribution in [0, 0.1) is 0 Å². The zero-order chi connectivity index (χ0) is 23.2. The van der Waals surface area contributed by atoms with E-state index < -0.39 is 0 Å². The van der Waals surface area contributed by atoms with Crippen molar-refractivity contribution in [2.75, 3.05) is 27.2 Å². The fourth-order valence-corrected chi connectivity index (χ4v) is 4.68. The van der Waals surface area contributed by atoms with Crippen molar-refractivity contribution in [1.29, 1.82) is 0 Å². The number of hydrogen-bond donors (Lipinski definition) is 1. The molecule has 0 unspecified atom stereocenters. The van der Waals surface area contributed by atoms with Crippen molar-refractivity contribution < 1.29 is 18.9 Å². The first-order chi connectivity index (χ1) is 16.1. The van der Waals surface area contributed by atoms with Crippen molar-refractivity contribution in [1.82, 2.24) is 19.9 Å². The zero-order valence-corrected chi connectivity index (χ0v) is 20.0. The molecule has 33 heavy (non-hydrogen) atoms. The monoisotopic (exact) mass is 485 g/mol. The summed E-state index contributed by atoms with van der Waals surface area (Å²) in [6.45, 7) is 0.190. The minimum absolute atomic E-state index is 0.190. The maximum absolute atomic E-state index is 6.17. The van der Waals surface area contributed by atoms with Crippen molar-refractivity contribution in [3.8, 4) is 33.6 Å². The van der Waals surface area contributed by atoms with Crippen molar-refractivity contribution in [2.24, 2.45) is 0 Å². The van der Waals surface area contributed by atoms with Crippen LogP contribution in [0.4, 0.5) is 0 Å². The van der Waals surface area contributed by atoms with Gasteiger partial charge >= 0.3 is 0 Å². The highest BCUT2D eigenvalue weighted by molar-refractivity contribution is 7.98. The molecule has 0 saturated carbocycles. The molecule has 0 saturated heterocycles. The van der Waals surface area contributed by atoms with Gasteiger partial charge in [0.1, 0.15) is 34.6 Å². The fourth-order valence-electron chi connectivity index (χ4n) is 2.95. The van der Waals surface area contributed by atoms with Gasteiger partial charge in [0, 0.05) is 23.3 Å². The molecule has 4 rings (SSSR count). The maximum Gasteiger partial charge on any atom is 0.210 e. The Morgan fingerprint density at radius 1 is 0.970 bits per heavy atom. The lowest BCUT2D eigenvalue weighted by atomic mass is 10.2. The molecule has 0 atom stereocenters. The van der Waals surface area contributed by atoms with E-state index in [0.717, 1.165) is 22.0 Å². The summed E-state index contributed by atoms with van der Waals surface area (Å²) in [6, 6.07) is 13.0. The van der Waals surface area contributed by atoms with E-state index in [4.69, 9.17) is 29.8 Å². The van der Waals surface area contributed by atoms with Gasteiger partial charge in [0.05, 0.1) is 32.6 Å². The molecule has 4 aromatic rings. The fraction of sp³-hybridized carbons (Fsp3) is 0.227. The SMILES string of the molecule is COc1cccc(OCc2nnc(SCc3csc(-c4ccc(OC)cc4OC)n3)n2N)c1. The quantitative estimate of drug-likeness (QED) is 0.263. The third-order valence-electron chi connectivity index (χ3n) is 4.68. The van der Waals surface area contributed by atoms with Crippen LogP contribution in [0.25, 0.3) is 10.6 Å². The Morgan fingerprint density at radius 2 is 1.76 bits per heavy atom. The zero-order valence-electron chi connectivity index (χ0n) is 18.3. The first-order valence-corrected chi connectivity index (χ1v) is 11.7. The number of nitrogens with zero attached hydrogens (tertiary/aromatic N) is 4.